The molecule has 2 aliphatic heterocycles. The molecule has 1 saturated heterocycles. The van der Waals surface area contributed by atoms with Gasteiger partial charge in [0.25, 0.3) is 0 Å². The molecule has 2 atom stereocenters. The molecular weight excluding hydrogens is 236 g/mol. The third kappa shape index (κ3) is 1.57. The monoisotopic (exact) mass is 256 g/mol. The average molecular weight is 256 g/mol. The average Bonchev–Trinajstić information content (AvgIpc) is 2.33. The second-order valence-corrected chi connectivity index (χ2v) is 6.62. The number of rotatable bonds is 2. The molecule has 0 radical (unpaired) electrons. The van der Waals surface area contributed by atoms with E-state index < -0.39 is 0 Å². The number of carbonyl (C=O) groups is 1. The first-order valence-electron chi connectivity index (χ1n) is 6.78. The molecule has 3 heteroatoms. The molecular formula is C16H20N2O. The Morgan fingerprint density at radius 2 is 1.89 bits per heavy atom. The number of fused-ring (bicyclic) bond motifs is 1. The molecule has 2 unspecified atom stereocenters. The van der Waals surface area contributed by atoms with Gasteiger partial charge in [0.1, 0.15) is 5.92 Å². The first-order valence-corrected chi connectivity index (χ1v) is 6.78. The van der Waals surface area contributed by atoms with E-state index in [1.54, 1.807) is 4.90 Å². The maximum absolute atomic E-state index is 12.1. The van der Waals surface area contributed by atoms with Gasteiger partial charge in [-0.15, -0.1) is 0 Å². The smallest absolute Gasteiger partial charge is 0.237 e. The lowest BCUT2D eigenvalue weighted by molar-refractivity contribution is -0.164. The first kappa shape index (κ1) is 12.4. The molecule has 0 spiro atoms. The lowest BCUT2D eigenvalue weighted by Crippen LogP contribution is -2.78. The van der Waals surface area contributed by atoms with Crippen LogP contribution in [0.4, 0.5) is 0 Å². The van der Waals surface area contributed by atoms with Crippen molar-refractivity contribution in [1.29, 1.82) is 0 Å². The van der Waals surface area contributed by atoms with Gasteiger partial charge in [-0.25, -0.2) is 0 Å². The van der Waals surface area contributed by atoms with Gasteiger partial charge in [-0.3, -0.25) is 9.79 Å². The highest BCUT2D eigenvalue weighted by molar-refractivity contribution is 6.16. The highest BCUT2D eigenvalue weighted by atomic mass is 16.2. The molecule has 0 bridgehead atoms. The van der Waals surface area contributed by atoms with Crippen LogP contribution in [0, 0.1) is 11.3 Å². The first-order chi connectivity index (χ1) is 8.86. The number of aliphatic imine (C=N–C) groups is 1. The molecule has 0 aliphatic carbocycles. The zero-order chi connectivity index (χ0) is 13.8. The van der Waals surface area contributed by atoms with Gasteiger partial charge in [-0.1, -0.05) is 51.1 Å². The van der Waals surface area contributed by atoms with Gasteiger partial charge >= 0.3 is 0 Å². The number of nitrogens with zero attached hydrogens (tertiary/aromatic N) is 2. The van der Waals surface area contributed by atoms with Crippen LogP contribution in [0.1, 0.15) is 26.3 Å². The van der Waals surface area contributed by atoms with E-state index in [2.05, 4.69) is 32.9 Å². The maximum Gasteiger partial charge on any atom is 0.237 e. The molecule has 1 fully saturated rings. The normalized spacial score (nSPS) is 29.3. The third-order valence-electron chi connectivity index (χ3n) is 4.28. The minimum atomic E-state index is -0.305. The summed E-state index contributed by atoms with van der Waals surface area (Å²) in [6.45, 7) is 6.39. The summed E-state index contributed by atoms with van der Waals surface area (Å²) in [4.78, 5) is 18.8. The van der Waals surface area contributed by atoms with Crippen LogP contribution in [0.2, 0.25) is 0 Å². The van der Waals surface area contributed by atoms with Crippen LogP contribution in [-0.2, 0) is 11.2 Å². The molecule has 19 heavy (non-hydrogen) atoms. The van der Waals surface area contributed by atoms with Crippen molar-refractivity contribution in [3.63, 3.8) is 0 Å². The van der Waals surface area contributed by atoms with Crippen molar-refractivity contribution in [2.75, 3.05) is 7.05 Å². The lowest BCUT2D eigenvalue weighted by Gasteiger charge is -2.62. The molecule has 1 aromatic carbocycles. The zero-order valence-corrected chi connectivity index (χ0v) is 12.0. The van der Waals surface area contributed by atoms with E-state index in [1.807, 2.05) is 25.2 Å². The Morgan fingerprint density at radius 1 is 1.26 bits per heavy atom. The molecule has 0 aromatic heterocycles. The molecule has 3 nitrogen and oxygen atoms in total. The number of hydrogen-bond acceptors (Lipinski definition) is 2. The summed E-state index contributed by atoms with van der Waals surface area (Å²) in [5.74, 6) is 0.216. The van der Waals surface area contributed by atoms with Gasteiger partial charge in [0.05, 0.1) is 0 Å². The second kappa shape index (κ2) is 3.69. The fourth-order valence-corrected chi connectivity index (χ4v) is 3.15. The van der Waals surface area contributed by atoms with Crippen LogP contribution < -0.4 is 0 Å². The summed E-state index contributed by atoms with van der Waals surface area (Å²) < 4.78 is 0. The van der Waals surface area contributed by atoms with E-state index in [9.17, 15) is 4.79 Å². The molecule has 100 valence electrons. The molecule has 3 rings (SSSR count). The topological polar surface area (TPSA) is 32.7 Å². The van der Waals surface area contributed by atoms with Gasteiger partial charge < -0.3 is 4.90 Å². The van der Waals surface area contributed by atoms with Crippen molar-refractivity contribution >= 4 is 11.6 Å². The van der Waals surface area contributed by atoms with E-state index in [0.717, 1.165) is 12.1 Å². The standard InChI is InChI=1S/C16H20N2O/c1-15(2,3)13-12-14(19)18(4)16(12,17-13)10-11-8-6-5-7-9-11/h5-9,12H,10H2,1-4H3. The van der Waals surface area contributed by atoms with Crippen molar-refractivity contribution in [3.8, 4) is 0 Å². The van der Waals surface area contributed by atoms with Gasteiger partial charge in [0.15, 0.2) is 5.66 Å². The fourth-order valence-electron chi connectivity index (χ4n) is 3.15. The summed E-state index contributed by atoms with van der Waals surface area (Å²) in [7, 11) is 1.87. The Labute approximate surface area is 114 Å². The number of carbonyl (C=O) groups excluding carboxylic acids is 1. The summed E-state index contributed by atoms with van der Waals surface area (Å²) in [6, 6.07) is 10.3. The minimum Gasteiger partial charge on any atom is -0.319 e. The summed E-state index contributed by atoms with van der Waals surface area (Å²) >= 11 is 0. The second-order valence-electron chi connectivity index (χ2n) is 6.62. The Kier molecular flexibility index (Phi) is 2.40. The molecule has 1 aromatic rings. The number of amides is 1. The molecule has 2 aliphatic rings. The van der Waals surface area contributed by atoms with Crippen molar-refractivity contribution in [2.24, 2.45) is 16.3 Å². The number of likely N-dealkylation sites (N-methyl/N-ethyl adjacent to an activating group) is 1. The highest BCUT2D eigenvalue weighted by Crippen LogP contribution is 2.52. The van der Waals surface area contributed by atoms with E-state index in [0.29, 0.717) is 0 Å². The molecule has 0 N–H and O–H groups in total. The number of likely N-dealkylation sites (tertiary alicyclic amines) is 1. The van der Waals surface area contributed by atoms with Crippen LogP contribution in [-0.4, -0.2) is 29.2 Å². The summed E-state index contributed by atoms with van der Waals surface area (Å²) in [5, 5.41) is 0. The third-order valence-corrected chi connectivity index (χ3v) is 4.28. The predicted octanol–water partition coefficient (Wildman–Crippen LogP) is 2.51. The van der Waals surface area contributed by atoms with Crippen LogP contribution in [0.25, 0.3) is 0 Å². The van der Waals surface area contributed by atoms with Crippen molar-refractivity contribution in [2.45, 2.75) is 32.9 Å². The zero-order valence-electron chi connectivity index (χ0n) is 12.0. The minimum absolute atomic E-state index is 0.00212. The van der Waals surface area contributed by atoms with E-state index >= 15 is 0 Å². The van der Waals surface area contributed by atoms with Crippen LogP contribution >= 0.6 is 0 Å². The van der Waals surface area contributed by atoms with Crippen molar-refractivity contribution in [1.82, 2.24) is 4.90 Å². The Morgan fingerprint density at radius 3 is 2.47 bits per heavy atom. The number of β-lactam (4-membered cyclic amide) rings is 1. The van der Waals surface area contributed by atoms with Crippen molar-refractivity contribution in [3.05, 3.63) is 35.9 Å². The largest absolute Gasteiger partial charge is 0.319 e. The number of benzene rings is 1. The van der Waals surface area contributed by atoms with E-state index in [4.69, 9.17) is 4.99 Å². The SMILES string of the molecule is CN1C(=O)C2C(C(C)(C)C)=NC21Cc1ccccc1. The Balaban J connectivity index is 1.92. The van der Waals surface area contributed by atoms with Gasteiger partial charge in [-0.2, -0.15) is 0 Å². The summed E-state index contributed by atoms with van der Waals surface area (Å²) in [5.41, 5.74) is 1.98. The fraction of sp³-hybridized carbons (Fsp3) is 0.500. The van der Waals surface area contributed by atoms with Crippen LogP contribution in [0.5, 0.6) is 0 Å². The Bertz CT molecular complexity index is 556. The van der Waals surface area contributed by atoms with Gasteiger partial charge in [0.2, 0.25) is 5.91 Å². The highest BCUT2D eigenvalue weighted by Gasteiger charge is 2.67. The van der Waals surface area contributed by atoms with E-state index in [-0.39, 0.29) is 22.9 Å². The molecule has 0 saturated carbocycles. The molecule has 2 heterocycles. The number of hydrogen-bond donors (Lipinski definition) is 0. The maximum atomic E-state index is 12.1. The summed E-state index contributed by atoms with van der Waals surface area (Å²) in [6.07, 6.45) is 0.820. The lowest BCUT2D eigenvalue weighted by atomic mass is 9.63. The van der Waals surface area contributed by atoms with Crippen LogP contribution in [0.3, 0.4) is 0 Å². The van der Waals surface area contributed by atoms with Crippen molar-refractivity contribution < 1.29 is 4.79 Å². The van der Waals surface area contributed by atoms with E-state index in [1.165, 1.54) is 5.56 Å². The van der Waals surface area contributed by atoms with Gasteiger partial charge in [0, 0.05) is 24.6 Å². The Hall–Kier alpha value is -1.64. The predicted molar refractivity (Wildman–Crippen MR) is 76.0 cm³/mol. The molecule has 1 amide bonds. The quantitative estimate of drug-likeness (QED) is 0.748. The van der Waals surface area contributed by atoms with Gasteiger partial charge in [-0.05, 0) is 5.56 Å². The van der Waals surface area contributed by atoms with Crippen LogP contribution in [0.15, 0.2) is 35.3 Å².